The van der Waals surface area contributed by atoms with Crippen LogP contribution in [0.15, 0.2) is 97.5 Å². The molecule has 0 aliphatic heterocycles. The Hall–Kier alpha value is -3.92. The van der Waals surface area contributed by atoms with E-state index < -0.39 is 0 Å². The molecule has 0 spiro atoms. The fourth-order valence-corrected chi connectivity index (χ4v) is 3.86. The normalized spacial score (nSPS) is 11.6. The fourth-order valence-electron chi connectivity index (χ4n) is 3.86. The van der Waals surface area contributed by atoms with Gasteiger partial charge in [-0.05, 0) is 42.5 Å². The lowest BCUT2D eigenvalue weighted by atomic mass is 10.1. The van der Waals surface area contributed by atoms with Crippen molar-refractivity contribution in [1.82, 2.24) is 18.9 Å². The van der Waals surface area contributed by atoms with E-state index in [1.807, 2.05) is 30.6 Å². The molecule has 4 nitrogen and oxygen atoms in total. The number of rotatable bonds is 2. The van der Waals surface area contributed by atoms with Crippen LogP contribution in [0.5, 0.6) is 0 Å². The minimum Gasteiger partial charge on any atom is -0.301 e. The van der Waals surface area contributed by atoms with Crippen LogP contribution in [-0.2, 0) is 0 Å². The maximum absolute atomic E-state index is 4.85. The van der Waals surface area contributed by atoms with Gasteiger partial charge in [-0.2, -0.15) is 0 Å². The van der Waals surface area contributed by atoms with Crippen LogP contribution < -0.4 is 0 Å². The molecule has 28 heavy (non-hydrogen) atoms. The minimum atomic E-state index is 0.922. The first-order valence-corrected chi connectivity index (χ1v) is 9.27. The third kappa shape index (κ3) is 2.25. The van der Waals surface area contributed by atoms with Gasteiger partial charge in [0.05, 0.1) is 11.0 Å². The molecule has 0 bridgehead atoms. The Labute approximate surface area is 161 Å². The number of benzene rings is 3. The largest absolute Gasteiger partial charge is 0.301 e. The molecule has 3 heterocycles. The van der Waals surface area contributed by atoms with Gasteiger partial charge < -0.3 is 4.40 Å². The van der Waals surface area contributed by atoms with Crippen molar-refractivity contribution in [1.29, 1.82) is 0 Å². The van der Waals surface area contributed by atoms with Crippen molar-refractivity contribution in [2.75, 3.05) is 0 Å². The summed E-state index contributed by atoms with van der Waals surface area (Å²) in [7, 11) is 0. The van der Waals surface area contributed by atoms with Gasteiger partial charge in [0.25, 0.3) is 0 Å². The van der Waals surface area contributed by atoms with Crippen LogP contribution in [0.3, 0.4) is 0 Å². The van der Waals surface area contributed by atoms with Crippen LogP contribution in [0.1, 0.15) is 0 Å². The van der Waals surface area contributed by atoms with E-state index in [0.717, 1.165) is 33.6 Å². The number of imidazole rings is 1. The van der Waals surface area contributed by atoms with Crippen LogP contribution >= 0.6 is 0 Å². The van der Waals surface area contributed by atoms with E-state index in [-0.39, 0.29) is 0 Å². The number of hydrogen-bond donors (Lipinski definition) is 0. The number of aromatic nitrogens is 4. The average molecular weight is 360 g/mol. The van der Waals surface area contributed by atoms with Gasteiger partial charge in [0.15, 0.2) is 0 Å². The molecule has 0 unspecified atom stereocenters. The lowest BCUT2D eigenvalue weighted by Gasteiger charge is -2.09. The molecule has 0 saturated heterocycles. The van der Waals surface area contributed by atoms with Crippen molar-refractivity contribution in [3.05, 3.63) is 97.5 Å². The van der Waals surface area contributed by atoms with Gasteiger partial charge in [-0.1, -0.05) is 36.4 Å². The first kappa shape index (κ1) is 15.2. The second kappa shape index (κ2) is 5.79. The summed E-state index contributed by atoms with van der Waals surface area (Å²) in [5.74, 6) is 0.922. The van der Waals surface area contributed by atoms with E-state index in [0.29, 0.717) is 0 Å². The highest BCUT2D eigenvalue weighted by molar-refractivity contribution is 5.91. The Morgan fingerprint density at radius 2 is 1.61 bits per heavy atom. The number of hydrogen-bond acceptors (Lipinski definition) is 2. The van der Waals surface area contributed by atoms with E-state index in [4.69, 9.17) is 4.98 Å². The van der Waals surface area contributed by atoms with E-state index >= 15 is 0 Å². The van der Waals surface area contributed by atoms with Crippen LogP contribution in [0.25, 0.3) is 44.5 Å². The highest BCUT2D eigenvalue weighted by Gasteiger charge is 2.10. The summed E-state index contributed by atoms with van der Waals surface area (Å²) >= 11 is 0. The molecule has 3 aromatic heterocycles. The standard InChI is InChI=1S/C24H16N4/c1-2-7-20(8-3-1)27-13-12-25-24(27)18-10-11-21-19(14-18)16-28-22-9-5-4-6-17(22)15-23(28)26-21/h1-16H. The predicted octanol–water partition coefficient (Wildman–Crippen LogP) is 5.49. The van der Waals surface area contributed by atoms with Gasteiger partial charge in [-0.25, -0.2) is 9.97 Å². The van der Waals surface area contributed by atoms with Crippen LogP contribution in [-0.4, -0.2) is 18.9 Å². The minimum absolute atomic E-state index is 0.922. The summed E-state index contributed by atoms with van der Waals surface area (Å²) in [6, 6.07) is 27.1. The molecule has 0 fully saturated rings. The van der Waals surface area contributed by atoms with Gasteiger partial charge in [-0.15, -0.1) is 0 Å². The molecule has 0 aliphatic carbocycles. The fraction of sp³-hybridized carbons (Fsp3) is 0. The zero-order valence-corrected chi connectivity index (χ0v) is 15.0. The highest BCUT2D eigenvalue weighted by atomic mass is 15.1. The van der Waals surface area contributed by atoms with E-state index in [9.17, 15) is 0 Å². The molecule has 6 aromatic rings. The second-order valence-electron chi connectivity index (χ2n) is 6.90. The summed E-state index contributed by atoms with van der Waals surface area (Å²) in [5.41, 5.74) is 5.28. The average Bonchev–Trinajstić information content (AvgIpc) is 3.37. The molecule has 0 amide bonds. The zero-order chi connectivity index (χ0) is 18.5. The lowest BCUT2D eigenvalue weighted by molar-refractivity contribution is 1.07. The lowest BCUT2D eigenvalue weighted by Crippen LogP contribution is -1.96. The molecular formula is C24H16N4. The third-order valence-corrected chi connectivity index (χ3v) is 5.19. The monoisotopic (exact) mass is 360 g/mol. The van der Waals surface area contributed by atoms with Crippen LogP contribution in [0, 0.1) is 0 Å². The number of fused-ring (bicyclic) bond motifs is 4. The molecular weight excluding hydrogens is 344 g/mol. The van der Waals surface area contributed by atoms with Crippen molar-refractivity contribution in [3.8, 4) is 17.1 Å². The van der Waals surface area contributed by atoms with Crippen molar-refractivity contribution >= 4 is 27.5 Å². The number of nitrogens with zero attached hydrogens (tertiary/aromatic N) is 4. The summed E-state index contributed by atoms with van der Waals surface area (Å²) in [6.45, 7) is 0. The van der Waals surface area contributed by atoms with Crippen LogP contribution in [0.4, 0.5) is 0 Å². The maximum atomic E-state index is 4.85. The van der Waals surface area contributed by atoms with E-state index in [2.05, 4.69) is 80.8 Å². The Balaban J connectivity index is 1.57. The topological polar surface area (TPSA) is 35.1 Å². The summed E-state index contributed by atoms with van der Waals surface area (Å²) < 4.78 is 4.27. The van der Waals surface area contributed by atoms with Gasteiger partial charge in [0.1, 0.15) is 11.5 Å². The van der Waals surface area contributed by atoms with E-state index in [1.54, 1.807) is 0 Å². The first-order chi connectivity index (χ1) is 13.9. The van der Waals surface area contributed by atoms with Gasteiger partial charge in [-0.3, -0.25) is 4.57 Å². The second-order valence-corrected chi connectivity index (χ2v) is 6.90. The molecule has 0 radical (unpaired) electrons. The summed E-state index contributed by atoms with van der Waals surface area (Å²) in [5, 5.41) is 2.29. The quantitative estimate of drug-likeness (QED) is 0.409. The third-order valence-electron chi connectivity index (χ3n) is 5.19. The Morgan fingerprint density at radius 1 is 0.750 bits per heavy atom. The van der Waals surface area contributed by atoms with Crippen molar-refractivity contribution < 1.29 is 0 Å². The Morgan fingerprint density at radius 3 is 2.54 bits per heavy atom. The molecule has 3 aromatic carbocycles. The predicted molar refractivity (Wildman–Crippen MR) is 113 cm³/mol. The van der Waals surface area contributed by atoms with Crippen molar-refractivity contribution in [2.24, 2.45) is 0 Å². The van der Waals surface area contributed by atoms with Crippen LogP contribution in [0.2, 0.25) is 0 Å². The molecule has 0 aliphatic rings. The van der Waals surface area contributed by atoms with Gasteiger partial charge in [0.2, 0.25) is 0 Å². The van der Waals surface area contributed by atoms with Crippen molar-refractivity contribution in [2.45, 2.75) is 0 Å². The zero-order valence-electron chi connectivity index (χ0n) is 15.0. The molecule has 6 rings (SSSR count). The highest BCUT2D eigenvalue weighted by Crippen LogP contribution is 2.27. The SMILES string of the molecule is c1ccc(-n2ccnc2-c2ccc3nc4cc5ccccc5n4cc3c2)cc1. The number of para-hydroxylation sites is 2. The molecule has 0 atom stereocenters. The van der Waals surface area contributed by atoms with Gasteiger partial charge in [0, 0.05) is 40.6 Å². The summed E-state index contributed by atoms with van der Waals surface area (Å²) in [6.07, 6.45) is 6.00. The Bertz CT molecular complexity index is 1460. The van der Waals surface area contributed by atoms with Crippen molar-refractivity contribution in [3.63, 3.8) is 0 Å². The Kier molecular flexibility index (Phi) is 3.14. The maximum Gasteiger partial charge on any atom is 0.144 e. The van der Waals surface area contributed by atoms with Gasteiger partial charge >= 0.3 is 0 Å². The van der Waals surface area contributed by atoms with E-state index in [1.165, 1.54) is 10.9 Å². The first-order valence-electron chi connectivity index (χ1n) is 9.27. The smallest absolute Gasteiger partial charge is 0.144 e. The molecule has 4 heteroatoms. The molecule has 132 valence electrons. The molecule has 0 saturated carbocycles. The molecule has 0 N–H and O–H groups in total. The summed E-state index contributed by atoms with van der Waals surface area (Å²) in [4.78, 5) is 9.46.